The van der Waals surface area contributed by atoms with Crippen LogP contribution < -0.4 is 10.2 Å². The van der Waals surface area contributed by atoms with Crippen molar-refractivity contribution in [2.24, 2.45) is 5.92 Å². The molecule has 0 spiro atoms. The molecule has 0 unspecified atom stereocenters. The number of carbonyl (C=O) groups is 1. The summed E-state index contributed by atoms with van der Waals surface area (Å²) in [5.41, 5.74) is 2.35. The highest BCUT2D eigenvalue weighted by molar-refractivity contribution is 5.92. The van der Waals surface area contributed by atoms with Gasteiger partial charge in [0.15, 0.2) is 5.82 Å². The lowest BCUT2D eigenvalue weighted by Crippen LogP contribution is -2.52. The molecule has 1 fully saturated rings. The maximum atomic E-state index is 12.3. The van der Waals surface area contributed by atoms with Crippen LogP contribution in [0.4, 0.5) is 5.82 Å². The fourth-order valence-corrected chi connectivity index (χ4v) is 2.93. The van der Waals surface area contributed by atoms with E-state index in [2.05, 4.69) is 72.2 Å². The lowest BCUT2D eigenvalue weighted by molar-refractivity contribution is 0.0939. The molecule has 2 aromatic rings. The van der Waals surface area contributed by atoms with Crippen molar-refractivity contribution < 1.29 is 4.79 Å². The highest BCUT2D eigenvalue weighted by atomic mass is 16.1. The van der Waals surface area contributed by atoms with Gasteiger partial charge in [-0.25, -0.2) is 0 Å². The van der Waals surface area contributed by atoms with E-state index < -0.39 is 0 Å². The molecule has 0 atom stereocenters. The molecule has 7 nitrogen and oxygen atoms in total. The SMILES string of the molecule is CC(C)(C)c1ccc(N2CC(CNC(=O)c3cc(C(C)(C)C)[nH]n3)C2)nn1. The van der Waals surface area contributed by atoms with Gasteiger partial charge >= 0.3 is 0 Å². The number of anilines is 1. The Labute approximate surface area is 161 Å². The number of aromatic amines is 1. The number of hydrogen-bond donors (Lipinski definition) is 2. The maximum Gasteiger partial charge on any atom is 0.271 e. The smallest absolute Gasteiger partial charge is 0.271 e. The van der Waals surface area contributed by atoms with E-state index in [4.69, 9.17) is 0 Å². The van der Waals surface area contributed by atoms with Gasteiger partial charge in [0.05, 0.1) is 5.69 Å². The fourth-order valence-electron chi connectivity index (χ4n) is 2.93. The van der Waals surface area contributed by atoms with Gasteiger partial charge in [0, 0.05) is 42.1 Å². The van der Waals surface area contributed by atoms with Crippen molar-refractivity contribution in [3.8, 4) is 0 Å². The highest BCUT2D eigenvalue weighted by Crippen LogP contribution is 2.25. The van der Waals surface area contributed by atoms with Gasteiger partial charge in [-0.1, -0.05) is 41.5 Å². The highest BCUT2D eigenvalue weighted by Gasteiger charge is 2.29. The number of aromatic nitrogens is 4. The molecule has 1 amide bonds. The van der Waals surface area contributed by atoms with Crippen molar-refractivity contribution in [3.05, 3.63) is 35.3 Å². The Bertz CT molecular complexity index is 791. The minimum Gasteiger partial charge on any atom is -0.354 e. The number of nitrogens with zero attached hydrogens (tertiary/aromatic N) is 4. The third-order valence-corrected chi connectivity index (χ3v) is 4.87. The zero-order valence-corrected chi connectivity index (χ0v) is 17.1. The number of rotatable bonds is 4. The minimum absolute atomic E-state index is 0.00636. The van der Waals surface area contributed by atoms with Gasteiger partial charge in [-0.2, -0.15) is 10.2 Å². The van der Waals surface area contributed by atoms with Crippen molar-refractivity contribution >= 4 is 11.7 Å². The van der Waals surface area contributed by atoms with Gasteiger partial charge in [-0.3, -0.25) is 9.89 Å². The second-order valence-corrected chi connectivity index (χ2v) is 9.42. The molecule has 3 rings (SSSR count). The Hall–Kier alpha value is -2.44. The summed E-state index contributed by atoms with van der Waals surface area (Å²) in [7, 11) is 0. The zero-order chi connectivity index (χ0) is 19.8. The minimum atomic E-state index is -0.130. The van der Waals surface area contributed by atoms with E-state index >= 15 is 0 Å². The Balaban J connectivity index is 1.47. The van der Waals surface area contributed by atoms with Gasteiger partial charge in [0.1, 0.15) is 5.69 Å². The average Bonchev–Trinajstić information content (AvgIpc) is 3.03. The summed E-state index contributed by atoms with van der Waals surface area (Å²) in [4.78, 5) is 14.5. The van der Waals surface area contributed by atoms with Gasteiger partial charge in [0.2, 0.25) is 0 Å². The average molecular weight is 371 g/mol. The molecule has 1 aliphatic heterocycles. The predicted molar refractivity (Wildman–Crippen MR) is 106 cm³/mol. The molecule has 1 saturated heterocycles. The molecule has 0 bridgehead atoms. The first-order chi connectivity index (χ1) is 12.5. The molecular formula is C20H30N6O. The standard InChI is InChI=1S/C20H30N6O/c1-19(2,3)15-7-8-17(25-23-15)26-11-13(12-26)10-21-18(27)14-9-16(24-22-14)20(4,5)6/h7-9,13H,10-12H2,1-6H3,(H,21,27)(H,22,24). The molecule has 7 heteroatoms. The van der Waals surface area contributed by atoms with Gasteiger partial charge in [-0.15, -0.1) is 5.10 Å². The first-order valence-electron chi connectivity index (χ1n) is 9.47. The lowest BCUT2D eigenvalue weighted by atomic mass is 9.92. The fraction of sp³-hybridized carbons (Fsp3) is 0.600. The third kappa shape index (κ3) is 4.46. The summed E-state index contributed by atoms with van der Waals surface area (Å²) in [5.74, 6) is 1.18. The van der Waals surface area contributed by atoms with E-state index in [0.717, 1.165) is 30.3 Å². The first kappa shape index (κ1) is 19.3. The van der Waals surface area contributed by atoms with Crippen LogP contribution in [-0.2, 0) is 10.8 Å². The Kier molecular flexibility index (Phi) is 4.97. The normalized spacial score (nSPS) is 15.6. The number of H-pyrrole nitrogens is 1. The van der Waals surface area contributed by atoms with Crippen LogP contribution in [0.3, 0.4) is 0 Å². The van der Waals surface area contributed by atoms with Crippen LogP contribution in [0.1, 0.15) is 63.4 Å². The van der Waals surface area contributed by atoms with Crippen LogP contribution >= 0.6 is 0 Å². The van der Waals surface area contributed by atoms with Crippen molar-refractivity contribution in [2.45, 2.75) is 52.4 Å². The van der Waals surface area contributed by atoms with E-state index in [9.17, 15) is 4.79 Å². The second-order valence-electron chi connectivity index (χ2n) is 9.42. The van der Waals surface area contributed by atoms with Crippen molar-refractivity contribution in [3.63, 3.8) is 0 Å². The summed E-state index contributed by atoms with van der Waals surface area (Å²) in [6, 6.07) is 5.90. The van der Waals surface area contributed by atoms with Gasteiger partial charge in [0.25, 0.3) is 5.91 Å². The molecule has 0 aliphatic carbocycles. The quantitative estimate of drug-likeness (QED) is 0.864. The Morgan fingerprint density at radius 1 is 1.15 bits per heavy atom. The topological polar surface area (TPSA) is 86.8 Å². The summed E-state index contributed by atoms with van der Waals surface area (Å²) in [6.45, 7) is 15.0. The number of carbonyl (C=O) groups excluding carboxylic acids is 1. The third-order valence-electron chi connectivity index (χ3n) is 4.87. The summed E-state index contributed by atoms with van der Waals surface area (Å²) in [6.07, 6.45) is 0. The number of amides is 1. The number of nitrogens with one attached hydrogen (secondary N) is 2. The van der Waals surface area contributed by atoms with Gasteiger partial charge in [-0.05, 0) is 18.2 Å². The second kappa shape index (κ2) is 6.94. The first-order valence-corrected chi connectivity index (χ1v) is 9.47. The molecule has 27 heavy (non-hydrogen) atoms. The molecule has 2 N–H and O–H groups in total. The molecule has 146 valence electrons. The van der Waals surface area contributed by atoms with Crippen LogP contribution in [0.25, 0.3) is 0 Å². The molecule has 0 aromatic carbocycles. The lowest BCUT2D eigenvalue weighted by Gasteiger charge is -2.40. The Morgan fingerprint density at radius 2 is 1.85 bits per heavy atom. The van der Waals surface area contributed by atoms with Crippen molar-refractivity contribution in [2.75, 3.05) is 24.5 Å². The van der Waals surface area contributed by atoms with E-state index in [0.29, 0.717) is 18.2 Å². The maximum absolute atomic E-state index is 12.3. The van der Waals surface area contributed by atoms with E-state index in [1.54, 1.807) is 0 Å². The van der Waals surface area contributed by atoms with E-state index in [1.165, 1.54) is 0 Å². The molecule has 0 radical (unpaired) electrons. The zero-order valence-electron chi connectivity index (χ0n) is 17.1. The van der Waals surface area contributed by atoms with E-state index in [-0.39, 0.29) is 16.7 Å². The van der Waals surface area contributed by atoms with E-state index in [1.807, 2.05) is 18.2 Å². The predicted octanol–water partition coefficient (Wildman–Crippen LogP) is 2.66. The molecule has 1 aliphatic rings. The van der Waals surface area contributed by atoms with Crippen LogP contribution in [0.5, 0.6) is 0 Å². The number of hydrogen-bond acceptors (Lipinski definition) is 5. The molecule has 2 aromatic heterocycles. The van der Waals surface area contributed by atoms with Crippen LogP contribution in [0.2, 0.25) is 0 Å². The van der Waals surface area contributed by atoms with Crippen LogP contribution in [-0.4, -0.2) is 45.9 Å². The largest absolute Gasteiger partial charge is 0.354 e. The molecule has 3 heterocycles. The summed E-state index contributed by atoms with van der Waals surface area (Å²) in [5, 5.41) is 18.7. The molecular weight excluding hydrogens is 340 g/mol. The van der Waals surface area contributed by atoms with Crippen LogP contribution in [0.15, 0.2) is 18.2 Å². The van der Waals surface area contributed by atoms with Crippen LogP contribution in [0, 0.1) is 5.92 Å². The van der Waals surface area contributed by atoms with Crippen molar-refractivity contribution in [1.82, 2.24) is 25.7 Å². The van der Waals surface area contributed by atoms with Crippen molar-refractivity contribution in [1.29, 1.82) is 0 Å². The monoisotopic (exact) mass is 370 g/mol. The summed E-state index contributed by atoms with van der Waals surface area (Å²) >= 11 is 0. The molecule has 0 saturated carbocycles. The summed E-state index contributed by atoms with van der Waals surface area (Å²) < 4.78 is 0. The van der Waals surface area contributed by atoms with Gasteiger partial charge < -0.3 is 10.2 Å². The Morgan fingerprint density at radius 3 is 2.37 bits per heavy atom.